The molecular weight excluding hydrogens is 230 g/mol. The second kappa shape index (κ2) is 5.25. The average Bonchev–Trinajstić information content (AvgIpc) is 2.36. The number of amidine groups is 1. The Morgan fingerprint density at radius 1 is 1.44 bits per heavy atom. The molecule has 1 heterocycles. The van der Waals surface area contributed by atoms with E-state index in [2.05, 4.69) is 10.1 Å². The summed E-state index contributed by atoms with van der Waals surface area (Å²) in [6.07, 6.45) is 4.29. The van der Waals surface area contributed by atoms with Crippen LogP contribution in [-0.4, -0.2) is 22.1 Å². The van der Waals surface area contributed by atoms with Crippen LogP contribution in [0.2, 0.25) is 0 Å². The van der Waals surface area contributed by atoms with Gasteiger partial charge < -0.3 is 15.7 Å². The lowest BCUT2D eigenvalue weighted by Crippen LogP contribution is -2.20. The summed E-state index contributed by atoms with van der Waals surface area (Å²) >= 11 is 0. The van der Waals surface area contributed by atoms with E-state index in [1.54, 1.807) is 0 Å². The number of hydrogen-bond donors (Lipinski definition) is 2. The van der Waals surface area contributed by atoms with E-state index < -0.39 is 0 Å². The van der Waals surface area contributed by atoms with Crippen molar-refractivity contribution in [3.63, 3.8) is 0 Å². The van der Waals surface area contributed by atoms with Gasteiger partial charge >= 0.3 is 0 Å². The normalized spacial score (nSPS) is 15.6. The minimum atomic E-state index is 0.00406. The van der Waals surface area contributed by atoms with E-state index in [-0.39, 0.29) is 11.9 Å². The van der Waals surface area contributed by atoms with Gasteiger partial charge in [-0.25, -0.2) is 4.98 Å². The van der Waals surface area contributed by atoms with E-state index in [1.807, 2.05) is 19.9 Å². The summed E-state index contributed by atoms with van der Waals surface area (Å²) in [6.45, 7) is 3.86. The third-order valence-electron chi connectivity index (χ3n) is 3.00. The molecule has 0 atom stereocenters. The van der Waals surface area contributed by atoms with Crippen LogP contribution in [0.15, 0.2) is 11.2 Å². The fraction of sp³-hybridized carbons (Fsp3) is 0.538. The zero-order valence-corrected chi connectivity index (χ0v) is 10.8. The fourth-order valence-electron chi connectivity index (χ4n) is 2.17. The van der Waals surface area contributed by atoms with Crippen LogP contribution >= 0.6 is 0 Å². The Morgan fingerprint density at radius 2 is 2.17 bits per heavy atom. The first-order valence-corrected chi connectivity index (χ1v) is 6.29. The van der Waals surface area contributed by atoms with Crippen molar-refractivity contribution >= 4 is 5.84 Å². The number of nitrogens with zero attached hydrogens (tertiary/aromatic N) is 2. The van der Waals surface area contributed by atoms with E-state index in [9.17, 15) is 0 Å². The molecule has 1 aliphatic rings. The molecule has 0 unspecified atom stereocenters. The quantitative estimate of drug-likeness (QED) is 0.371. The Kier molecular flexibility index (Phi) is 3.69. The largest absolute Gasteiger partial charge is 0.474 e. The van der Waals surface area contributed by atoms with Crippen molar-refractivity contribution in [3.8, 4) is 5.88 Å². The Hall–Kier alpha value is -1.78. The van der Waals surface area contributed by atoms with Crippen molar-refractivity contribution in [1.29, 1.82) is 0 Å². The van der Waals surface area contributed by atoms with Crippen molar-refractivity contribution in [2.75, 3.05) is 0 Å². The van der Waals surface area contributed by atoms with Crippen LogP contribution in [-0.2, 0) is 12.8 Å². The molecule has 3 N–H and O–H groups in total. The molecule has 0 aliphatic heterocycles. The molecule has 0 aromatic carbocycles. The predicted molar refractivity (Wildman–Crippen MR) is 69.2 cm³/mol. The molecule has 98 valence electrons. The van der Waals surface area contributed by atoms with Crippen molar-refractivity contribution < 1.29 is 9.94 Å². The second-order valence-corrected chi connectivity index (χ2v) is 4.81. The van der Waals surface area contributed by atoms with E-state index >= 15 is 0 Å². The topological polar surface area (TPSA) is 80.7 Å². The first-order chi connectivity index (χ1) is 8.61. The van der Waals surface area contributed by atoms with Crippen LogP contribution in [0.25, 0.3) is 0 Å². The van der Waals surface area contributed by atoms with Gasteiger partial charge in [0, 0.05) is 5.69 Å². The molecule has 5 heteroatoms. The third kappa shape index (κ3) is 2.55. The van der Waals surface area contributed by atoms with Gasteiger partial charge in [-0.2, -0.15) is 0 Å². The van der Waals surface area contributed by atoms with Crippen molar-refractivity contribution in [1.82, 2.24) is 4.98 Å². The lowest BCUT2D eigenvalue weighted by atomic mass is 9.95. The molecule has 0 saturated carbocycles. The average molecular weight is 249 g/mol. The van der Waals surface area contributed by atoms with Crippen LogP contribution in [0, 0.1) is 0 Å². The second-order valence-electron chi connectivity index (χ2n) is 4.81. The number of aromatic nitrogens is 1. The monoisotopic (exact) mass is 249 g/mol. The molecule has 2 rings (SSSR count). The molecular formula is C13H19N3O2. The zero-order chi connectivity index (χ0) is 13.1. The van der Waals surface area contributed by atoms with Gasteiger partial charge in [-0.05, 0) is 51.2 Å². The van der Waals surface area contributed by atoms with Crippen LogP contribution in [0.3, 0.4) is 0 Å². The van der Waals surface area contributed by atoms with E-state index in [0.29, 0.717) is 11.4 Å². The summed E-state index contributed by atoms with van der Waals surface area (Å²) < 4.78 is 5.65. The summed E-state index contributed by atoms with van der Waals surface area (Å²) in [5, 5.41) is 11.9. The summed E-state index contributed by atoms with van der Waals surface area (Å²) in [4.78, 5) is 4.53. The molecule has 18 heavy (non-hydrogen) atoms. The smallest absolute Gasteiger partial charge is 0.225 e. The van der Waals surface area contributed by atoms with Crippen LogP contribution in [0.4, 0.5) is 0 Å². The third-order valence-corrected chi connectivity index (χ3v) is 3.00. The number of nitrogens with two attached hydrogens (primary N) is 1. The molecule has 0 fully saturated rings. The standard InChI is InChI=1S/C13H19N3O2/c1-8(2)18-13-10(12(14)16-17)7-9-5-3-4-6-11(9)15-13/h7-8,17H,3-6H2,1-2H3,(H2,14,16). The maximum Gasteiger partial charge on any atom is 0.225 e. The molecule has 5 nitrogen and oxygen atoms in total. The summed E-state index contributed by atoms with van der Waals surface area (Å²) in [5.41, 5.74) is 8.51. The van der Waals surface area contributed by atoms with E-state index in [4.69, 9.17) is 15.7 Å². The highest BCUT2D eigenvalue weighted by atomic mass is 16.5. The predicted octanol–water partition coefficient (Wildman–Crippen LogP) is 1.84. The minimum absolute atomic E-state index is 0.00406. The lowest BCUT2D eigenvalue weighted by molar-refractivity contribution is 0.231. The van der Waals surface area contributed by atoms with Gasteiger partial charge in [-0.3, -0.25) is 0 Å². The van der Waals surface area contributed by atoms with Gasteiger partial charge in [0.2, 0.25) is 5.88 Å². The van der Waals surface area contributed by atoms with Gasteiger partial charge in [0.15, 0.2) is 5.84 Å². The lowest BCUT2D eigenvalue weighted by Gasteiger charge is -2.19. The number of hydrogen-bond acceptors (Lipinski definition) is 4. The molecule has 1 aromatic heterocycles. The van der Waals surface area contributed by atoms with Gasteiger partial charge in [0.1, 0.15) is 0 Å². The van der Waals surface area contributed by atoms with Crippen LogP contribution < -0.4 is 10.5 Å². The van der Waals surface area contributed by atoms with E-state index in [1.165, 1.54) is 5.56 Å². The molecule has 0 radical (unpaired) electrons. The Balaban J connectivity index is 2.47. The van der Waals surface area contributed by atoms with Crippen molar-refractivity contribution in [2.45, 2.75) is 45.6 Å². The van der Waals surface area contributed by atoms with Crippen LogP contribution in [0.5, 0.6) is 5.88 Å². The Labute approximate surface area is 107 Å². The first-order valence-electron chi connectivity index (χ1n) is 6.29. The molecule has 0 bridgehead atoms. The van der Waals surface area contributed by atoms with Gasteiger partial charge in [0.25, 0.3) is 0 Å². The SMILES string of the molecule is CC(C)Oc1nc2c(cc1C(N)=NO)CCCC2. The Morgan fingerprint density at radius 3 is 2.83 bits per heavy atom. The maximum absolute atomic E-state index is 8.83. The zero-order valence-electron chi connectivity index (χ0n) is 10.8. The Bertz CT molecular complexity index is 470. The fourth-order valence-corrected chi connectivity index (χ4v) is 2.17. The minimum Gasteiger partial charge on any atom is -0.474 e. The summed E-state index contributed by atoms with van der Waals surface area (Å²) in [6, 6.07) is 1.94. The van der Waals surface area contributed by atoms with Gasteiger partial charge in [-0.15, -0.1) is 0 Å². The van der Waals surface area contributed by atoms with Crippen LogP contribution in [0.1, 0.15) is 43.5 Å². The highest BCUT2D eigenvalue weighted by molar-refractivity contribution is 5.99. The number of fused-ring (bicyclic) bond motifs is 1. The maximum atomic E-state index is 8.83. The highest BCUT2D eigenvalue weighted by Crippen LogP contribution is 2.26. The number of oxime groups is 1. The number of aryl methyl sites for hydroxylation is 2. The highest BCUT2D eigenvalue weighted by Gasteiger charge is 2.18. The molecule has 1 aromatic rings. The van der Waals surface area contributed by atoms with Crippen molar-refractivity contribution in [3.05, 3.63) is 22.9 Å². The summed E-state index contributed by atoms with van der Waals surface area (Å²) in [5.74, 6) is 0.507. The molecule has 1 aliphatic carbocycles. The van der Waals surface area contributed by atoms with Crippen molar-refractivity contribution in [2.24, 2.45) is 10.9 Å². The van der Waals surface area contributed by atoms with Gasteiger partial charge in [0.05, 0.1) is 11.7 Å². The number of ether oxygens (including phenoxy) is 1. The number of rotatable bonds is 3. The molecule has 0 spiro atoms. The molecule has 0 saturated heterocycles. The molecule has 0 amide bonds. The number of pyridine rings is 1. The van der Waals surface area contributed by atoms with E-state index in [0.717, 1.165) is 31.4 Å². The summed E-state index contributed by atoms with van der Waals surface area (Å²) in [7, 11) is 0. The van der Waals surface area contributed by atoms with Gasteiger partial charge in [-0.1, -0.05) is 5.16 Å². The first kappa shape index (κ1) is 12.7.